The molecule has 1 aromatic rings. The quantitative estimate of drug-likeness (QED) is 0.538. The maximum Gasteiger partial charge on any atom is 0.520 e. The van der Waals surface area contributed by atoms with Crippen molar-refractivity contribution in [3.8, 4) is 0 Å². The lowest BCUT2D eigenvalue weighted by atomic mass is 9.95. The molecule has 0 saturated heterocycles. The van der Waals surface area contributed by atoms with Crippen LogP contribution in [0.3, 0.4) is 0 Å². The predicted octanol–water partition coefficient (Wildman–Crippen LogP) is -0.459. The van der Waals surface area contributed by atoms with Crippen LogP contribution in [0.15, 0.2) is 13.6 Å². The molecule has 1 aromatic heterocycles. The molecule has 1 rings (SSSR count). The Bertz CT molecular complexity index is 350. The van der Waals surface area contributed by atoms with Crippen molar-refractivity contribution in [1.82, 2.24) is 0 Å². The van der Waals surface area contributed by atoms with Crippen molar-refractivity contribution in [2.75, 3.05) is 5.73 Å². The summed E-state index contributed by atoms with van der Waals surface area (Å²) in [6.45, 7) is 3.57. The first-order valence-electron chi connectivity index (χ1n) is 3.83. The Morgan fingerprint density at radius 2 is 1.85 bits per heavy atom. The van der Waals surface area contributed by atoms with Crippen LogP contribution in [0.5, 0.6) is 0 Å². The molecule has 0 bridgehead atoms. The van der Waals surface area contributed by atoms with Crippen molar-refractivity contribution in [3.63, 3.8) is 0 Å². The van der Waals surface area contributed by atoms with Crippen LogP contribution in [-0.4, -0.2) is 0 Å². The summed E-state index contributed by atoms with van der Waals surface area (Å²) in [6.07, 6.45) is 0. The highest BCUT2D eigenvalue weighted by Gasteiger charge is 2.34. The average Bonchev–Trinajstić information content (AvgIpc) is 2.30. The Labute approximate surface area is 74.7 Å². The van der Waals surface area contributed by atoms with Crippen LogP contribution >= 0.6 is 0 Å². The summed E-state index contributed by atoms with van der Waals surface area (Å²) in [7, 11) is 0. The molecule has 6 nitrogen and oxygen atoms in total. The number of anilines is 1. The fraction of sp³-hybridized carbons (Fsp3) is 0.571. The Hall–Kier alpha value is -1.27. The number of hydrogen-bond acceptors (Lipinski definition) is 6. The van der Waals surface area contributed by atoms with Gasteiger partial charge < -0.3 is 26.0 Å². The number of nitrogen functional groups attached to an aromatic ring is 1. The van der Waals surface area contributed by atoms with Gasteiger partial charge in [-0.15, -0.1) is 0 Å². The van der Waals surface area contributed by atoms with E-state index in [1.54, 1.807) is 13.8 Å². The van der Waals surface area contributed by atoms with E-state index in [0.29, 0.717) is 0 Å². The van der Waals surface area contributed by atoms with Gasteiger partial charge in [0.05, 0.1) is 0 Å². The number of rotatable bonds is 2. The normalized spacial score (nSPS) is 12.4. The fourth-order valence-corrected chi connectivity index (χ4v) is 0.855. The topological polar surface area (TPSA) is 121 Å². The van der Waals surface area contributed by atoms with E-state index in [1.165, 1.54) is 0 Å². The van der Waals surface area contributed by atoms with Gasteiger partial charge in [0.1, 0.15) is 5.66 Å². The molecule has 0 amide bonds. The molecule has 0 unspecified atom stereocenters. The molecular formula is C7H13N3O3. The van der Waals surface area contributed by atoms with E-state index < -0.39 is 11.5 Å². The van der Waals surface area contributed by atoms with Gasteiger partial charge in [0.25, 0.3) is 0 Å². The van der Waals surface area contributed by atoms with E-state index in [-0.39, 0.29) is 17.6 Å². The Morgan fingerprint density at radius 1 is 1.31 bits per heavy atom. The molecule has 0 aromatic carbocycles. The molecule has 0 aliphatic carbocycles. The zero-order chi connectivity index (χ0) is 10.2. The largest absolute Gasteiger partial charge is 0.520 e. The molecule has 74 valence electrons. The molecule has 0 aliphatic rings. The predicted molar refractivity (Wildman–Crippen MR) is 46.5 cm³/mol. The first-order chi connectivity index (χ1) is 5.85. The monoisotopic (exact) mass is 187 g/mol. The van der Waals surface area contributed by atoms with Crippen LogP contribution in [0.25, 0.3) is 0 Å². The third-order valence-corrected chi connectivity index (χ3v) is 1.95. The van der Waals surface area contributed by atoms with Crippen molar-refractivity contribution in [1.29, 1.82) is 0 Å². The van der Waals surface area contributed by atoms with Gasteiger partial charge in [0, 0.05) is 0 Å². The lowest BCUT2D eigenvalue weighted by molar-refractivity contribution is 0.256. The zero-order valence-electron chi connectivity index (χ0n) is 7.53. The van der Waals surface area contributed by atoms with Gasteiger partial charge in [-0.2, -0.15) is 0 Å². The van der Waals surface area contributed by atoms with Crippen LogP contribution in [0.1, 0.15) is 19.6 Å². The van der Waals surface area contributed by atoms with Crippen LogP contribution in [-0.2, 0) is 5.66 Å². The first-order valence-corrected chi connectivity index (χ1v) is 3.83. The van der Waals surface area contributed by atoms with Gasteiger partial charge in [-0.1, -0.05) is 13.8 Å². The summed E-state index contributed by atoms with van der Waals surface area (Å²) in [5.74, 6) is -1.19. The van der Waals surface area contributed by atoms with Crippen molar-refractivity contribution < 1.29 is 8.83 Å². The second-order valence-electron chi connectivity index (χ2n) is 3.24. The van der Waals surface area contributed by atoms with E-state index in [9.17, 15) is 4.79 Å². The molecule has 6 heteroatoms. The van der Waals surface area contributed by atoms with Gasteiger partial charge in [-0.25, -0.2) is 4.79 Å². The van der Waals surface area contributed by atoms with E-state index in [0.717, 1.165) is 0 Å². The van der Waals surface area contributed by atoms with E-state index in [2.05, 4.69) is 8.83 Å². The Morgan fingerprint density at radius 3 is 2.15 bits per heavy atom. The van der Waals surface area contributed by atoms with Crippen LogP contribution in [0.4, 0.5) is 5.88 Å². The summed E-state index contributed by atoms with van der Waals surface area (Å²) in [5, 5.41) is 0. The zero-order valence-corrected chi connectivity index (χ0v) is 7.53. The molecule has 0 spiro atoms. The summed E-state index contributed by atoms with van der Waals surface area (Å²) >= 11 is 0. The van der Waals surface area contributed by atoms with E-state index in [4.69, 9.17) is 17.2 Å². The Kier molecular flexibility index (Phi) is 2.19. The Balaban J connectivity index is 3.21. The smallest absolute Gasteiger partial charge is 0.390 e. The van der Waals surface area contributed by atoms with Crippen molar-refractivity contribution in [2.24, 2.45) is 17.4 Å². The van der Waals surface area contributed by atoms with Crippen molar-refractivity contribution in [2.45, 2.75) is 19.5 Å². The molecule has 6 N–H and O–H groups in total. The van der Waals surface area contributed by atoms with Crippen molar-refractivity contribution >= 4 is 5.88 Å². The fourth-order valence-electron chi connectivity index (χ4n) is 0.855. The van der Waals surface area contributed by atoms with E-state index >= 15 is 0 Å². The lowest BCUT2D eigenvalue weighted by Crippen LogP contribution is -2.50. The number of hydrogen-bond donors (Lipinski definition) is 3. The van der Waals surface area contributed by atoms with Crippen LogP contribution < -0.4 is 23.0 Å². The van der Waals surface area contributed by atoms with Crippen LogP contribution in [0, 0.1) is 5.92 Å². The molecule has 0 radical (unpaired) electrons. The molecule has 0 atom stereocenters. The molecule has 0 aliphatic heterocycles. The molecule has 13 heavy (non-hydrogen) atoms. The molecule has 0 saturated carbocycles. The third kappa shape index (κ3) is 1.58. The van der Waals surface area contributed by atoms with E-state index in [1.807, 2.05) is 0 Å². The highest BCUT2D eigenvalue weighted by molar-refractivity contribution is 5.32. The highest BCUT2D eigenvalue weighted by Crippen LogP contribution is 2.25. The third-order valence-electron chi connectivity index (χ3n) is 1.95. The molecular weight excluding hydrogens is 174 g/mol. The standard InChI is InChI=1S/C7H13N3O3/c1-3(2)7(9,10)4-5(8)13-6(11)12-4/h3H,8-10H2,1-2H3. The maximum atomic E-state index is 10.7. The summed E-state index contributed by atoms with van der Waals surface area (Å²) < 4.78 is 9.09. The number of nitrogens with two attached hydrogens (primary N) is 3. The SMILES string of the molecule is CC(C)C(N)(N)c1oc(=O)oc1N. The van der Waals surface area contributed by atoms with Gasteiger partial charge in [-0.3, -0.25) is 0 Å². The van der Waals surface area contributed by atoms with Crippen molar-refractivity contribution in [3.05, 3.63) is 16.4 Å². The molecule has 0 fully saturated rings. The maximum absolute atomic E-state index is 10.7. The molecule has 1 heterocycles. The minimum absolute atomic E-state index is 0.00694. The van der Waals surface area contributed by atoms with Gasteiger partial charge in [0.2, 0.25) is 11.6 Å². The van der Waals surface area contributed by atoms with Crippen LogP contribution in [0.2, 0.25) is 0 Å². The van der Waals surface area contributed by atoms with Gasteiger partial charge in [0.15, 0.2) is 0 Å². The average molecular weight is 187 g/mol. The summed E-state index contributed by atoms with van der Waals surface area (Å²) in [6, 6.07) is 0. The van der Waals surface area contributed by atoms with Gasteiger partial charge >= 0.3 is 5.82 Å². The minimum atomic E-state index is -1.28. The summed E-state index contributed by atoms with van der Waals surface area (Å²) in [4.78, 5) is 10.7. The highest BCUT2D eigenvalue weighted by atomic mass is 16.6. The minimum Gasteiger partial charge on any atom is -0.390 e. The lowest BCUT2D eigenvalue weighted by Gasteiger charge is -2.25. The second-order valence-corrected chi connectivity index (χ2v) is 3.24. The summed E-state index contributed by atoms with van der Waals surface area (Å²) in [5.41, 5.74) is 15.5. The second kappa shape index (κ2) is 2.90. The first kappa shape index (κ1) is 9.82. The van der Waals surface area contributed by atoms with Gasteiger partial charge in [-0.05, 0) is 5.92 Å².